The molecule has 4 N–H and O–H groups in total. The Balaban J connectivity index is 1.81. The molecule has 0 bridgehead atoms. The number of nitrogens with one attached hydrogen (secondary N) is 2. The molecule has 2 rings (SSSR count). The fraction of sp³-hybridized carbons (Fsp3) is 0.500. The first-order valence-corrected chi connectivity index (χ1v) is 7.91. The van der Waals surface area contributed by atoms with E-state index in [9.17, 15) is 0 Å². The summed E-state index contributed by atoms with van der Waals surface area (Å²) in [5, 5.41) is 14.2. The first-order chi connectivity index (χ1) is 11.7. The topological polar surface area (TPSA) is 108 Å². The third-order valence-electron chi connectivity index (χ3n) is 3.42. The van der Waals surface area contributed by atoms with Crippen molar-refractivity contribution in [3.63, 3.8) is 0 Å². The molecule has 1 saturated heterocycles. The summed E-state index contributed by atoms with van der Waals surface area (Å²) in [4.78, 5) is 6.38. The highest BCUT2D eigenvalue weighted by Crippen LogP contribution is 2.19. The summed E-state index contributed by atoms with van der Waals surface area (Å²) < 4.78 is 10.8. The van der Waals surface area contributed by atoms with Gasteiger partial charge in [0.1, 0.15) is 6.73 Å². The molecular formula is C16H24N6O2. The van der Waals surface area contributed by atoms with Crippen LogP contribution in [0.15, 0.2) is 29.3 Å². The molecule has 0 spiro atoms. The number of nitrogens with zero attached hydrogens (tertiary/aromatic N) is 3. The van der Waals surface area contributed by atoms with Gasteiger partial charge >= 0.3 is 0 Å². The molecule has 8 heteroatoms. The third-order valence-corrected chi connectivity index (χ3v) is 3.42. The van der Waals surface area contributed by atoms with E-state index >= 15 is 0 Å². The molecule has 1 aromatic rings. The van der Waals surface area contributed by atoms with E-state index in [1.54, 1.807) is 6.92 Å². The van der Waals surface area contributed by atoms with Gasteiger partial charge in [0.05, 0.1) is 26.0 Å². The number of ether oxygens (including phenoxy) is 2. The number of guanidine groups is 1. The molecule has 8 nitrogen and oxygen atoms in total. The van der Waals surface area contributed by atoms with Crippen molar-refractivity contribution in [3.05, 3.63) is 24.3 Å². The molecule has 0 aromatic heterocycles. The minimum Gasteiger partial charge on any atom is -0.370 e. The van der Waals surface area contributed by atoms with Gasteiger partial charge in [-0.25, -0.2) is 4.99 Å². The highest BCUT2D eigenvalue weighted by atomic mass is 16.5. The van der Waals surface area contributed by atoms with Crippen LogP contribution in [0.2, 0.25) is 0 Å². The average Bonchev–Trinajstić information content (AvgIpc) is 2.60. The van der Waals surface area contributed by atoms with Gasteiger partial charge in [0.15, 0.2) is 12.2 Å². The van der Waals surface area contributed by atoms with Gasteiger partial charge in [-0.05, 0) is 37.6 Å². The summed E-state index contributed by atoms with van der Waals surface area (Å²) in [7, 11) is 0. The lowest BCUT2D eigenvalue weighted by molar-refractivity contribution is 0.0605. The van der Waals surface area contributed by atoms with Crippen molar-refractivity contribution in [2.75, 3.05) is 43.4 Å². The van der Waals surface area contributed by atoms with Crippen LogP contribution in [0.3, 0.4) is 0 Å². The van der Waals surface area contributed by atoms with Crippen molar-refractivity contribution in [3.8, 4) is 6.07 Å². The predicted molar refractivity (Wildman–Crippen MR) is 93.5 cm³/mol. The maximum Gasteiger partial charge on any atom is 0.195 e. The van der Waals surface area contributed by atoms with Crippen molar-refractivity contribution >= 4 is 17.3 Å². The van der Waals surface area contributed by atoms with Crippen molar-refractivity contribution in [1.82, 2.24) is 5.32 Å². The number of anilines is 2. The fourth-order valence-electron chi connectivity index (χ4n) is 2.26. The fourth-order valence-corrected chi connectivity index (χ4v) is 2.26. The molecule has 130 valence electrons. The Morgan fingerprint density at radius 1 is 1.50 bits per heavy atom. The van der Waals surface area contributed by atoms with Crippen LogP contribution in [0, 0.1) is 11.3 Å². The third kappa shape index (κ3) is 6.04. The van der Waals surface area contributed by atoms with Crippen LogP contribution in [0.1, 0.15) is 13.3 Å². The van der Waals surface area contributed by atoms with Gasteiger partial charge in [-0.2, -0.15) is 5.26 Å². The highest BCUT2D eigenvalue weighted by Gasteiger charge is 2.10. The first kappa shape index (κ1) is 18.0. The molecule has 1 unspecified atom stereocenters. The van der Waals surface area contributed by atoms with Gasteiger partial charge in [-0.3, -0.25) is 5.32 Å². The van der Waals surface area contributed by atoms with E-state index in [0.717, 1.165) is 30.9 Å². The Kier molecular flexibility index (Phi) is 7.29. The second-order valence-electron chi connectivity index (χ2n) is 5.34. The minimum atomic E-state index is -0.409. The lowest BCUT2D eigenvalue weighted by Crippen LogP contribution is -2.32. The van der Waals surface area contributed by atoms with Crippen LogP contribution >= 0.6 is 0 Å². The van der Waals surface area contributed by atoms with Gasteiger partial charge in [0.2, 0.25) is 0 Å². The zero-order chi connectivity index (χ0) is 17.2. The van der Waals surface area contributed by atoms with E-state index in [-0.39, 0.29) is 19.2 Å². The molecule has 0 amide bonds. The van der Waals surface area contributed by atoms with Crippen LogP contribution in [0.4, 0.5) is 11.4 Å². The standard InChI is InChI=1S/C16H24N6O2/c1-13(24-11-19-8-7-17)20-16(18)21-14-3-5-15(6-4-14)22-9-2-10-23-12-22/h3-6,13,19H,2,8-12H2,1H3,(H3,18,20,21). The Bertz CT molecular complexity index is 563. The normalized spacial score (nSPS) is 16.5. The van der Waals surface area contributed by atoms with Gasteiger partial charge < -0.3 is 25.4 Å². The van der Waals surface area contributed by atoms with E-state index in [1.807, 2.05) is 30.3 Å². The van der Waals surface area contributed by atoms with E-state index in [0.29, 0.717) is 6.73 Å². The molecule has 0 aliphatic carbocycles. The zero-order valence-corrected chi connectivity index (χ0v) is 13.9. The molecule has 1 aliphatic heterocycles. The molecule has 0 radical (unpaired) electrons. The smallest absolute Gasteiger partial charge is 0.195 e. The Labute approximate surface area is 142 Å². The quantitative estimate of drug-likeness (QED) is 0.225. The Morgan fingerprint density at radius 2 is 2.29 bits per heavy atom. The molecular weight excluding hydrogens is 308 g/mol. The van der Waals surface area contributed by atoms with E-state index < -0.39 is 6.23 Å². The number of hydrogen-bond donors (Lipinski definition) is 3. The summed E-state index contributed by atoms with van der Waals surface area (Å²) in [5.41, 5.74) is 7.85. The molecule has 1 heterocycles. The number of rotatable bonds is 7. The maximum absolute atomic E-state index is 8.41. The van der Waals surface area contributed by atoms with Gasteiger partial charge in [0, 0.05) is 17.9 Å². The van der Waals surface area contributed by atoms with Crippen LogP contribution in [-0.4, -0.2) is 45.3 Å². The Morgan fingerprint density at radius 3 is 2.96 bits per heavy atom. The maximum atomic E-state index is 8.41. The minimum absolute atomic E-state index is 0.235. The van der Waals surface area contributed by atoms with Crippen LogP contribution < -0.4 is 21.3 Å². The number of hydrogen-bond acceptors (Lipinski definition) is 6. The monoisotopic (exact) mass is 332 g/mol. The molecule has 1 aliphatic rings. The number of nitrogens with two attached hydrogens (primary N) is 1. The SMILES string of the molecule is CC(N=C(N)Nc1ccc(N2CCCOC2)cc1)OCNCC#N. The summed E-state index contributed by atoms with van der Waals surface area (Å²) in [6.07, 6.45) is 0.634. The van der Waals surface area contributed by atoms with Crippen molar-refractivity contribution < 1.29 is 9.47 Å². The molecule has 0 saturated carbocycles. The van der Waals surface area contributed by atoms with Crippen molar-refractivity contribution in [1.29, 1.82) is 5.26 Å². The van der Waals surface area contributed by atoms with Gasteiger partial charge in [-0.15, -0.1) is 0 Å². The van der Waals surface area contributed by atoms with Crippen molar-refractivity contribution in [2.24, 2.45) is 10.7 Å². The average molecular weight is 332 g/mol. The van der Waals surface area contributed by atoms with E-state index in [4.69, 9.17) is 20.5 Å². The predicted octanol–water partition coefficient (Wildman–Crippen LogP) is 1.03. The highest BCUT2D eigenvalue weighted by molar-refractivity contribution is 5.92. The van der Waals surface area contributed by atoms with Crippen LogP contribution in [-0.2, 0) is 9.47 Å². The summed E-state index contributed by atoms with van der Waals surface area (Å²) >= 11 is 0. The summed E-state index contributed by atoms with van der Waals surface area (Å²) in [6.45, 7) is 4.73. The van der Waals surface area contributed by atoms with Crippen LogP contribution in [0.5, 0.6) is 0 Å². The number of nitriles is 1. The number of benzene rings is 1. The lowest BCUT2D eigenvalue weighted by atomic mass is 10.2. The van der Waals surface area contributed by atoms with E-state index in [1.165, 1.54) is 0 Å². The van der Waals surface area contributed by atoms with Gasteiger partial charge in [-0.1, -0.05) is 0 Å². The molecule has 1 aromatic carbocycles. The largest absolute Gasteiger partial charge is 0.370 e. The molecule has 1 fully saturated rings. The Hall–Kier alpha value is -2.34. The van der Waals surface area contributed by atoms with E-state index in [2.05, 4.69) is 20.5 Å². The zero-order valence-electron chi connectivity index (χ0n) is 13.9. The molecule has 1 atom stereocenters. The summed E-state index contributed by atoms with van der Waals surface area (Å²) in [6, 6.07) is 9.92. The second-order valence-corrected chi connectivity index (χ2v) is 5.34. The second kappa shape index (κ2) is 9.72. The first-order valence-electron chi connectivity index (χ1n) is 7.91. The summed E-state index contributed by atoms with van der Waals surface area (Å²) in [5.74, 6) is 0.275. The van der Waals surface area contributed by atoms with Crippen molar-refractivity contribution in [2.45, 2.75) is 19.6 Å². The van der Waals surface area contributed by atoms with Crippen LogP contribution in [0.25, 0.3) is 0 Å². The lowest BCUT2D eigenvalue weighted by Gasteiger charge is -2.28. The number of aliphatic imine (C=N–C) groups is 1. The molecule has 24 heavy (non-hydrogen) atoms. The van der Waals surface area contributed by atoms with Gasteiger partial charge in [0.25, 0.3) is 0 Å².